The van der Waals surface area contributed by atoms with Gasteiger partial charge in [-0.2, -0.15) is 5.10 Å². The third kappa shape index (κ3) is 2.44. The van der Waals surface area contributed by atoms with Crippen molar-refractivity contribution in [1.29, 1.82) is 0 Å². The highest BCUT2D eigenvalue weighted by atomic mass is 32.1. The van der Waals surface area contributed by atoms with Crippen molar-refractivity contribution in [2.24, 2.45) is 5.73 Å². The lowest BCUT2D eigenvalue weighted by Crippen LogP contribution is -2.01. The summed E-state index contributed by atoms with van der Waals surface area (Å²) in [5, 5.41) is 10.3. The minimum Gasteiger partial charge on any atom is -0.330 e. The number of H-pyrrole nitrogens is 1. The maximum Gasteiger partial charge on any atom is 0.191 e. The second-order valence-corrected chi connectivity index (χ2v) is 6.08. The zero-order chi connectivity index (χ0) is 13.2. The molecule has 3 aromatic rings. The van der Waals surface area contributed by atoms with Crippen LogP contribution in [0, 0.1) is 6.92 Å². The molecule has 0 radical (unpaired) electrons. The molecule has 19 heavy (non-hydrogen) atoms. The van der Waals surface area contributed by atoms with E-state index in [4.69, 9.17) is 5.73 Å². The van der Waals surface area contributed by atoms with E-state index >= 15 is 0 Å². The number of nitrogens with zero attached hydrogens (tertiary/aromatic N) is 3. The van der Waals surface area contributed by atoms with Gasteiger partial charge in [-0.15, -0.1) is 22.7 Å². The molecule has 7 heteroatoms. The van der Waals surface area contributed by atoms with Gasteiger partial charge >= 0.3 is 0 Å². The van der Waals surface area contributed by atoms with E-state index in [1.165, 1.54) is 0 Å². The van der Waals surface area contributed by atoms with Gasteiger partial charge in [-0.05, 0) is 24.9 Å². The highest BCUT2D eigenvalue weighted by molar-refractivity contribution is 7.15. The molecular formula is C12H13N5S2. The largest absolute Gasteiger partial charge is 0.330 e. The fourth-order valence-corrected chi connectivity index (χ4v) is 3.46. The van der Waals surface area contributed by atoms with Gasteiger partial charge in [0.25, 0.3) is 0 Å². The van der Waals surface area contributed by atoms with Crippen LogP contribution in [0.15, 0.2) is 17.5 Å². The van der Waals surface area contributed by atoms with Gasteiger partial charge in [-0.25, -0.2) is 9.97 Å². The van der Waals surface area contributed by atoms with Crippen LogP contribution in [-0.4, -0.2) is 26.7 Å². The van der Waals surface area contributed by atoms with Crippen molar-refractivity contribution in [2.45, 2.75) is 13.3 Å². The van der Waals surface area contributed by atoms with Gasteiger partial charge in [0.1, 0.15) is 0 Å². The minimum atomic E-state index is 0.614. The Morgan fingerprint density at radius 2 is 2.26 bits per heavy atom. The van der Waals surface area contributed by atoms with Gasteiger partial charge in [0.2, 0.25) is 0 Å². The summed E-state index contributed by atoms with van der Waals surface area (Å²) in [4.78, 5) is 11.1. The van der Waals surface area contributed by atoms with Crippen LogP contribution in [0.1, 0.15) is 10.7 Å². The second-order valence-electron chi connectivity index (χ2n) is 4.05. The van der Waals surface area contributed by atoms with Crippen LogP contribution in [0.4, 0.5) is 0 Å². The Morgan fingerprint density at radius 1 is 1.37 bits per heavy atom. The molecule has 98 valence electrons. The Morgan fingerprint density at radius 3 is 3.00 bits per heavy atom. The molecule has 3 N–H and O–H groups in total. The normalized spacial score (nSPS) is 11.1. The smallest absolute Gasteiger partial charge is 0.191 e. The first-order valence-corrected chi connectivity index (χ1v) is 7.60. The van der Waals surface area contributed by atoms with E-state index in [1.54, 1.807) is 22.7 Å². The van der Waals surface area contributed by atoms with E-state index < -0.39 is 0 Å². The van der Waals surface area contributed by atoms with Crippen LogP contribution in [0.5, 0.6) is 0 Å². The molecule has 0 saturated heterocycles. The summed E-state index contributed by atoms with van der Waals surface area (Å²) in [6.07, 6.45) is 0.803. The Hall–Kier alpha value is -1.57. The third-order valence-electron chi connectivity index (χ3n) is 2.64. The lowest BCUT2D eigenvalue weighted by Gasteiger charge is -1.89. The molecule has 0 spiro atoms. The number of nitrogens with one attached hydrogen (secondary N) is 1. The van der Waals surface area contributed by atoms with E-state index in [1.807, 2.05) is 24.4 Å². The van der Waals surface area contributed by atoms with Crippen LogP contribution < -0.4 is 5.73 Å². The predicted molar refractivity (Wildman–Crippen MR) is 78.3 cm³/mol. The first-order valence-electron chi connectivity index (χ1n) is 5.91. The molecular weight excluding hydrogens is 278 g/mol. The van der Waals surface area contributed by atoms with Gasteiger partial charge in [-0.3, -0.25) is 5.10 Å². The Kier molecular flexibility index (Phi) is 3.41. The average Bonchev–Trinajstić information content (AvgIpc) is 3.07. The number of aryl methyl sites for hydroxylation is 1. The molecule has 0 aliphatic heterocycles. The van der Waals surface area contributed by atoms with E-state index in [-0.39, 0.29) is 0 Å². The molecule has 0 bridgehead atoms. The van der Waals surface area contributed by atoms with Gasteiger partial charge in [0.15, 0.2) is 11.6 Å². The van der Waals surface area contributed by atoms with E-state index in [0.29, 0.717) is 6.54 Å². The third-order valence-corrected chi connectivity index (χ3v) is 4.73. The monoisotopic (exact) mass is 291 g/mol. The van der Waals surface area contributed by atoms with Crippen LogP contribution in [-0.2, 0) is 6.42 Å². The van der Waals surface area contributed by atoms with Crippen LogP contribution >= 0.6 is 22.7 Å². The SMILES string of the molecule is Cc1nc(CCN)sc1-c1nc(-c2cccs2)n[nH]1. The quantitative estimate of drug-likeness (QED) is 0.773. The summed E-state index contributed by atoms with van der Waals surface area (Å²) in [7, 11) is 0. The Labute approximate surface area is 118 Å². The molecule has 3 heterocycles. The molecule has 3 aromatic heterocycles. The van der Waals surface area contributed by atoms with Crippen molar-refractivity contribution in [3.05, 3.63) is 28.2 Å². The van der Waals surface area contributed by atoms with Crippen molar-refractivity contribution in [3.8, 4) is 21.4 Å². The lowest BCUT2D eigenvalue weighted by molar-refractivity contribution is 0.945. The molecule has 0 aliphatic carbocycles. The van der Waals surface area contributed by atoms with Gasteiger partial charge in [0, 0.05) is 6.42 Å². The Balaban J connectivity index is 1.94. The fourth-order valence-electron chi connectivity index (χ4n) is 1.78. The van der Waals surface area contributed by atoms with Crippen LogP contribution in [0.3, 0.4) is 0 Å². The van der Waals surface area contributed by atoms with Gasteiger partial charge in [-0.1, -0.05) is 6.07 Å². The van der Waals surface area contributed by atoms with E-state index in [2.05, 4.69) is 20.2 Å². The fraction of sp³-hybridized carbons (Fsp3) is 0.250. The predicted octanol–water partition coefficient (Wildman–Crippen LogP) is 2.47. The molecule has 0 saturated carbocycles. The standard InChI is InChI=1S/C12H13N5S2/c1-7-10(19-9(14-7)4-5-13)12-15-11(16-17-12)8-3-2-6-18-8/h2-3,6H,4-5,13H2,1H3,(H,15,16,17). The maximum absolute atomic E-state index is 5.56. The van der Waals surface area contributed by atoms with Crippen molar-refractivity contribution in [3.63, 3.8) is 0 Å². The van der Waals surface area contributed by atoms with Crippen molar-refractivity contribution in [1.82, 2.24) is 20.2 Å². The van der Waals surface area contributed by atoms with Gasteiger partial charge in [0.05, 0.1) is 20.5 Å². The first-order chi connectivity index (χ1) is 9.28. The minimum absolute atomic E-state index is 0.614. The molecule has 0 atom stereocenters. The van der Waals surface area contributed by atoms with Crippen LogP contribution in [0.2, 0.25) is 0 Å². The van der Waals surface area contributed by atoms with Crippen molar-refractivity contribution < 1.29 is 0 Å². The number of aromatic amines is 1. The molecule has 3 rings (SSSR count). The Bertz CT molecular complexity index is 668. The molecule has 0 unspecified atom stereocenters. The molecule has 0 fully saturated rings. The number of rotatable bonds is 4. The number of thiophene rings is 1. The van der Waals surface area contributed by atoms with Crippen molar-refractivity contribution in [2.75, 3.05) is 6.54 Å². The van der Waals surface area contributed by atoms with Crippen LogP contribution in [0.25, 0.3) is 21.4 Å². The second kappa shape index (κ2) is 5.20. The maximum atomic E-state index is 5.56. The van der Waals surface area contributed by atoms with E-state index in [0.717, 1.165) is 38.5 Å². The number of nitrogens with two attached hydrogens (primary N) is 1. The summed E-state index contributed by atoms with van der Waals surface area (Å²) in [5.74, 6) is 1.51. The first kappa shape index (κ1) is 12.5. The summed E-state index contributed by atoms with van der Waals surface area (Å²) >= 11 is 3.25. The van der Waals surface area contributed by atoms with E-state index in [9.17, 15) is 0 Å². The summed E-state index contributed by atoms with van der Waals surface area (Å²) in [6, 6.07) is 4.00. The highest BCUT2D eigenvalue weighted by Gasteiger charge is 2.14. The average molecular weight is 291 g/mol. The topological polar surface area (TPSA) is 80.5 Å². The number of hydrogen-bond acceptors (Lipinski definition) is 6. The summed E-state index contributed by atoms with van der Waals surface area (Å²) in [5.41, 5.74) is 6.53. The summed E-state index contributed by atoms with van der Waals surface area (Å²) < 4.78 is 0. The zero-order valence-electron chi connectivity index (χ0n) is 10.4. The number of hydrogen-bond donors (Lipinski definition) is 2. The molecule has 0 amide bonds. The lowest BCUT2D eigenvalue weighted by atomic mass is 10.4. The van der Waals surface area contributed by atoms with Crippen molar-refractivity contribution >= 4 is 22.7 Å². The van der Waals surface area contributed by atoms with Gasteiger partial charge < -0.3 is 5.73 Å². The highest BCUT2D eigenvalue weighted by Crippen LogP contribution is 2.29. The number of thiazole rings is 1. The molecule has 0 aromatic carbocycles. The summed E-state index contributed by atoms with van der Waals surface area (Å²) in [6.45, 7) is 2.60. The zero-order valence-corrected chi connectivity index (χ0v) is 12.0. The molecule has 5 nitrogen and oxygen atoms in total. The molecule has 0 aliphatic rings. The number of aromatic nitrogens is 4.